The number of aromatic hydroxyl groups is 1. The topological polar surface area (TPSA) is 91.9 Å². The highest BCUT2D eigenvalue weighted by Gasteiger charge is 2.07. The Bertz CT molecular complexity index is 987. The molecule has 0 amide bonds. The Morgan fingerprint density at radius 3 is 2.61 bits per heavy atom. The van der Waals surface area contributed by atoms with E-state index in [-0.39, 0.29) is 29.7 Å². The van der Waals surface area contributed by atoms with Crippen LogP contribution in [0.25, 0.3) is 11.5 Å². The summed E-state index contributed by atoms with van der Waals surface area (Å²) >= 11 is 0. The first-order valence-electron chi connectivity index (χ1n) is 9.98. The summed E-state index contributed by atoms with van der Waals surface area (Å²) in [5.74, 6) is 2.14. The molecule has 31 heavy (non-hydrogen) atoms. The van der Waals surface area contributed by atoms with Gasteiger partial charge in [-0.1, -0.05) is 23.8 Å². The summed E-state index contributed by atoms with van der Waals surface area (Å²) in [7, 11) is 1.58. The normalized spacial score (nSPS) is 11.0. The predicted molar refractivity (Wildman–Crippen MR) is 133 cm³/mol. The molecule has 0 spiro atoms. The Hall–Kier alpha value is -2.75. The lowest BCUT2D eigenvalue weighted by Gasteiger charge is -2.12. The van der Waals surface area contributed by atoms with Crippen molar-refractivity contribution in [2.75, 3.05) is 20.2 Å². The quantitative estimate of drug-likeness (QED) is 0.226. The average Bonchev–Trinajstić information content (AvgIpc) is 3.22. The van der Waals surface area contributed by atoms with Gasteiger partial charge in [-0.3, -0.25) is 0 Å². The van der Waals surface area contributed by atoms with Crippen LogP contribution in [0.5, 0.6) is 11.5 Å². The molecule has 0 aliphatic carbocycles. The SMILES string of the molecule is CCNC(=NCc1coc(-c2ccc(C)cc2)n1)NCCc1ccc(OC)cc1O.I. The van der Waals surface area contributed by atoms with Gasteiger partial charge in [-0.15, -0.1) is 24.0 Å². The number of nitrogens with zero attached hydrogens (tertiary/aromatic N) is 2. The van der Waals surface area contributed by atoms with Crippen molar-refractivity contribution < 1.29 is 14.3 Å². The molecule has 0 unspecified atom stereocenters. The summed E-state index contributed by atoms with van der Waals surface area (Å²) in [5.41, 5.74) is 3.74. The van der Waals surface area contributed by atoms with Crippen LogP contribution in [0.2, 0.25) is 0 Å². The van der Waals surface area contributed by atoms with Gasteiger partial charge < -0.3 is 24.9 Å². The fourth-order valence-electron chi connectivity index (χ4n) is 2.91. The molecule has 1 aromatic heterocycles. The summed E-state index contributed by atoms with van der Waals surface area (Å²) in [4.78, 5) is 9.10. The third-order valence-corrected chi connectivity index (χ3v) is 4.57. The van der Waals surface area contributed by atoms with Crippen LogP contribution >= 0.6 is 24.0 Å². The number of guanidine groups is 1. The second kappa shape index (κ2) is 12.2. The van der Waals surface area contributed by atoms with Crippen LogP contribution in [-0.2, 0) is 13.0 Å². The first kappa shape index (κ1) is 24.5. The van der Waals surface area contributed by atoms with Crippen molar-refractivity contribution in [3.8, 4) is 23.0 Å². The molecular weight excluding hydrogens is 507 g/mol. The maximum atomic E-state index is 10.1. The van der Waals surface area contributed by atoms with Gasteiger partial charge in [0.1, 0.15) is 23.5 Å². The standard InChI is InChI=1S/C23H28N4O3.HI/c1-4-24-23(25-12-11-17-9-10-20(29-3)13-21(17)28)26-14-19-15-30-22(27-19)18-7-5-16(2)6-8-18;/h5-10,13,15,28H,4,11-12,14H2,1-3H3,(H2,24,25,26);1H. The van der Waals surface area contributed by atoms with E-state index in [1.165, 1.54) is 5.56 Å². The molecule has 8 heteroatoms. The van der Waals surface area contributed by atoms with E-state index in [4.69, 9.17) is 9.15 Å². The summed E-state index contributed by atoms with van der Waals surface area (Å²) in [5, 5.41) is 16.6. The molecule has 1 heterocycles. The van der Waals surface area contributed by atoms with Crippen molar-refractivity contribution >= 4 is 29.9 Å². The van der Waals surface area contributed by atoms with Gasteiger partial charge in [-0.05, 0) is 44.0 Å². The largest absolute Gasteiger partial charge is 0.508 e. The number of hydrogen-bond donors (Lipinski definition) is 3. The van der Waals surface area contributed by atoms with Crippen molar-refractivity contribution in [1.82, 2.24) is 15.6 Å². The zero-order valence-corrected chi connectivity index (χ0v) is 20.3. The van der Waals surface area contributed by atoms with E-state index in [0.717, 1.165) is 23.4 Å². The van der Waals surface area contributed by atoms with Crippen molar-refractivity contribution in [2.24, 2.45) is 4.99 Å². The third kappa shape index (κ3) is 7.16. The molecule has 0 atom stereocenters. The molecule has 0 saturated heterocycles. The van der Waals surface area contributed by atoms with Crippen LogP contribution in [0.15, 0.2) is 58.1 Å². The smallest absolute Gasteiger partial charge is 0.226 e. The van der Waals surface area contributed by atoms with E-state index >= 15 is 0 Å². The van der Waals surface area contributed by atoms with Crippen LogP contribution in [-0.4, -0.2) is 36.2 Å². The number of halogens is 1. The highest BCUT2D eigenvalue weighted by molar-refractivity contribution is 14.0. The number of hydrogen-bond acceptors (Lipinski definition) is 5. The molecular formula is C23H29IN4O3. The minimum absolute atomic E-state index is 0. The molecule has 3 aromatic rings. The Kier molecular flexibility index (Phi) is 9.64. The lowest BCUT2D eigenvalue weighted by Crippen LogP contribution is -2.38. The van der Waals surface area contributed by atoms with Gasteiger partial charge in [0.25, 0.3) is 0 Å². The van der Waals surface area contributed by atoms with E-state index in [2.05, 4.69) is 20.6 Å². The summed E-state index contributed by atoms with van der Waals surface area (Å²) in [6.45, 7) is 5.83. The molecule has 2 aromatic carbocycles. The first-order chi connectivity index (χ1) is 14.6. The van der Waals surface area contributed by atoms with Gasteiger partial charge in [0.2, 0.25) is 5.89 Å². The number of aliphatic imine (C=N–C) groups is 1. The van der Waals surface area contributed by atoms with E-state index in [1.54, 1.807) is 19.4 Å². The molecule has 166 valence electrons. The van der Waals surface area contributed by atoms with Crippen LogP contribution < -0.4 is 15.4 Å². The molecule has 7 nitrogen and oxygen atoms in total. The van der Waals surface area contributed by atoms with Crippen molar-refractivity contribution in [1.29, 1.82) is 0 Å². The predicted octanol–water partition coefficient (Wildman–Crippen LogP) is 4.28. The molecule has 0 aliphatic rings. The number of aromatic nitrogens is 1. The Labute approximate surface area is 200 Å². The third-order valence-electron chi connectivity index (χ3n) is 4.57. The summed E-state index contributed by atoms with van der Waals surface area (Å²) < 4.78 is 10.7. The van der Waals surface area contributed by atoms with Gasteiger partial charge in [0.15, 0.2) is 5.96 Å². The van der Waals surface area contributed by atoms with E-state index < -0.39 is 0 Å². The van der Waals surface area contributed by atoms with Gasteiger partial charge in [-0.2, -0.15) is 0 Å². The van der Waals surface area contributed by atoms with Crippen molar-refractivity contribution in [3.05, 3.63) is 65.5 Å². The molecule has 0 aliphatic heterocycles. The Morgan fingerprint density at radius 1 is 1.16 bits per heavy atom. The monoisotopic (exact) mass is 536 g/mol. The number of benzene rings is 2. The molecule has 0 fully saturated rings. The molecule has 3 rings (SSSR count). The highest BCUT2D eigenvalue weighted by Crippen LogP contribution is 2.23. The van der Waals surface area contributed by atoms with E-state index in [0.29, 0.717) is 37.1 Å². The number of methoxy groups -OCH3 is 1. The zero-order valence-electron chi connectivity index (χ0n) is 18.0. The molecule has 0 bridgehead atoms. The number of rotatable bonds is 8. The second-order valence-electron chi connectivity index (χ2n) is 6.88. The lowest BCUT2D eigenvalue weighted by molar-refractivity contribution is 0.406. The Balaban J connectivity index is 0.00000341. The molecule has 3 N–H and O–H groups in total. The summed E-state index contributed by atoms with van der Waals surface area (Å²) in [6, 6.07) is 13.4. The maximum absolute atomic E-state index is 10.1. The number of phenolic OH excluding ortho intramolecular Hbond substituents is 1. The van der Waals surface area contributed by atoms with Crippen molar-refractivity contribution in [2.45, 2.75) is 26.8 Å². The fraction of sp³-hybridized carbons (Fsp3) is 0.304. The number of nitrogens with one attached hydrogen (secondary N) is 2. The van der Waals surface area contributed by atoms with Gasteiger partial charge in [-0.25, -0.2) is 9.98 Å². The summed E-state index contributed by atoms with van der Waals surface area (Å²) in [6.07, 6.45) is 2.29. The average molecular weight is 536 g/mol. The lowest BCUT2D eigenvalue weighted by atomic mass is 10.1. The van der Waals surface area contributed by atoms with Gasteiger partial charge in [0, 0.05) is 24.7 Å². The Morgan fingerprint density at radius 2 is 1.94 bits per heavy atom. The minimum Gasteiger partial charge on any atom is -0.508 e. The maximum Gasteiger partial charge on any atom is 0.226 e. The van der Waals surface area contributed by atoms with E-state index in [9.17, 15) is 5.11 Å². The number of ether oxygens (including phenoxy) is 1. The highest BCUT2D eigenvalue weighted by atomic mass is 127. The van der Waals surface area contributed by atoms with Gasteiger partial charge in [0.05, 0.1) is 13.7 Å². The van der Waals surface area contributed by atoms with Gasteiger partial charge >= 0.3 is 0 Å². The van der Waals surface area contributed by atoms with Crippen LogP contribution in [0.1, 0.15) is 23.7 Å². The van der Waals surface area contributed by atoms with Crippen LogP contribution in [0.3, 0.4) is 0 Å². The minimum atomic E-state index is 0. The first-order valence-corrected chi connectivity index (χ1v) is 9.98. The molecule has 0 saturated carbocycles. The molecule has 0 radical (unpaired) electrons. The number of oxazole rings is 1. The van der Waals surface area contributed by atoms with Crippen LogP contribution in [0.4, 0.5) is 0 Å². The number of phenols is 1. The van der Waals surface area contributed by atoms with E-state index in [1.807, 2.05) is 50.2 Å². The van der Waals surface area contributed by atoms with Crippen molar-refractivity contribution in [3.63, 3.8) is 0 Å². The second-order valence-corrected chi connectivity index (χ2v) is 6.88. The number of aryl methyl sites for hydroxylation is 1. The fourth-order valence-corrected chi connectivity index (χ4v) is 2.91. The van der Waals surface area contributed by atoms with Crippen LogP contribution in [0, 0.1) is 6.92 Å². The zero-order chi connectivity index (χ0) is 21.3.